The molecule has 0 saturated heterocycles. The lowest BCUT2D eigenvalue weighted by atomic mass is 10.1. The van der Waals surface area contributed by atoms with E-state index in [0.717, 1.165) is 22.9 Å². The molecule has 1 aromatic rings. The molecule has 0 aromatic heterocycles. The number of benzene rings is 1. The SMILES string of the molecule is Cc1ccc(F)c(NC2=NC(CC(C)C)CS2)c1. The molecule has 1 aliphatic rings. The number of amidine groups is 1. The maximum absolute atomic E-state index is 13.6. The summed E-state index contributed by atoms with van der Waals surface area (Å²) in [6, 6.07) is 5.44. The van der Waals surface area contributed by atoms with Crippen LogP contribution in [-0.4, -0.2) is 17.0 Å². The first-order valence-electron chi connectivity index (χ1n) is 6.28. The Morgan fingerprint density at radius 2 is 2.28 bits per heavy atom. The Kier molecular flexibility index (Phi) is 4.27. The van der Waals surface area contributed by atoms with Gasteiger partial charge in [0, 0.05) is 5.75 Å². The third-order valence-electron chi connectivity index (χ3n) is 2.82. The molecular weight excluding hydrogens is 247 g/mol. The number of aliphatic imine (C=N–C) groups is 1. The van der Waals surface area contributed by atoms with Gasteiger partial charge in [-0.3, -0.25) is 4.99 Å². The Morgan fingerprint density at radius 3 is 3.00 bits per heavy atom. The summed E-state index contributed by atoms with van der Waals surface area (Å²) < 4.78 is 13.6. The number of halogens is 1. The first-order valence-corrected chi connectivity index (χ1v) is 7.27. The molecule has 0 aliphatic carbocycles. The Morgan fingerprint density at radius 1 is 1.50 bits per heavy atom. The smallest absolute Gasteiger partial charge is 0.161 e. The van der Waals surface area contributed by atoms with Crippen LogP contribution in [0.3, 0.4) is 0 Å². The Hall–Kier alpha value is -1.03. The van der Waals surface area contributed by atoms with Gasteiger partial charge in [-0.25, -0.2) is 4.39 Å². The maximum Gasteiger partial charge on any atom is 0.161 e. The first-order chi connectivity index (χ1) is 8.54. The second kappa shape index (κ2) is 5.74. The zero-order valence-electron chi connectivity index (χ0n) is 11.0. The Balaban J connectivity index is 2.04. The van der Waals surface area contributed by atoms with Gasteiger partial charge in [0.25, 0.3) is 0 Å². The van der Waals surface area contributed by atoms with Crippen molar-refractivity contribution in [3.63, 3.8) is 0 Å². The van der Waals surface area contributed by atoms with Crippen molar-refractivity contribution < 1.29 is 4.39 Å². The Labute approximate surface area is 112 Å². The van der Waals surface area contributed by atoms with Crippen LogP contribution in [0.25, 0.3) is 0 Å². The summed E-state index contributed by atoms with van der Waals surface area (Å²) in [7, 11) is 0. The van der Waals surface area contributed by atoms with Gasteiger partial charge in [0.05, 0.1) is 11.7 Å². The van der Waals surface area contributed by atoms with Crippen LogP contribution in [0.2, 0.25) is 0 Å². The number of nitrogens with zero attached hydrogens (tertiary/aromatic N) is 1. The number of hydrogen-bond donors (Lipinski definition) is 1. The minimum Gasteiger partial charge on any atom is -0.333 e. The highest BCUT2D eigenvalue weighted by atomic mass is 32.2. The third-order valence-corrected chi connectivity index (χ3v) is 3.85. The summed E-state index contributed by atoms with van der Waals surface area (Å²) in [6.45, 7) is 6.35. The van der Waals surface area contributed by atoms with Crippen molar-refractivity contribution in [1.82, 2.24) is 0 Å². The lowest BCUT2D eigenvalue weighted by Gasteiger charge is -2.08. The van der Waals surface area contributed by atoms with Crippen molar-refractivity contribution >= 4 is 22.6 Å². The number of rotatable bonds is 3. The lowest BCUT2D eigenvalue weighted by Crippen LogP contribution is -2.08. The summed E-state index contributed by atoms with van der Waals surface area (Å²) in [6.07, 6.45) is 1.09. The van der Waals surface area contributed by atoms with Gasteiger partial charge < -0.3 is 5.32 Å². The van der Waals surface area contributed by atoms with E-state index in [-0.39, 0.29) is 5.82 Å². The normalized spacial score (nSPS) is 19.2. The molecule has 1 aromatic carbocycles. The summed E-state index contributed by atoms with van der Waals surface area (Å²) in [5, 5.41) is 3.93. The van der Waals surface area contributed by atoms with Crippen molar-refractivity contribution in [3.8, 4) is 0 Å². The van der Waals surface area contributed by atoms with Crippen molar-refractivity contribution in [2.75, 3.05) is 11.1 Å². The summed E-state index contributed by atoms with van der Waals surface area (Å²) >= 11 is 1.67. The van der Waals surface area contributed by atoms with Gasteiger partial charge in [0.2, 0.25) is 0 Å². The molecule has 2 rings (SSSR count). The fourth-order valence-corrected chi connectivity index (χ4v) is 2.97. The monoisotopic (exact) mass is 266 g/mol. The molecule has 1 atom stereocenters. The van der Waals surface area contributed by atoms with Gasteiger partial charge in [-0.05, 0) is 37.0 Å². The quantitative estimate of drug-likeness (QED) is 0.892. The zero-order chi connectivity index (χ0) is 13.1. The fraction of sp³-hybridized carbons (Fsp3) is 0.500. The van der Waals surface area contributed by atoms with E-state index in [1.807, 2.05) is 13.0 Å². The van der Waals surface area contributed by atoms with E-state index in [1.54, 1.807) is 17.8 Å². The van der Waals surface area contributed by atoms with E-state index in [1.165, 1.54) is 6.07 Å². The molecule has 1 heterocycles. The molecule has 0 radical (unpaired) electrons. The van der Waals surface area contributed by atoms with Crippen molar-refractivity contribution in [2.24, 2.45) is 10.9 Å². The lowest BCUT2D eigenvalue weighted by molar-refractivity contribution is 0.529. The predicted octanol–water partition coefficient (Wildman–Crippen LogP) is 4.06. The van der Waals surface area contributed by atoms with Crippen LogP contribution in [0, 0.1) is 18.7 Å². The van der Waals surface area contributed by atoms with Gasteiger partial charge >= 0.3 is 0 Å². The molecule has 98 valence electrons. The van der Waals surface area contributed by atoms with Crippen LogP contribution in [0.4, 0.5) is 10.1 Å². The maximum atomic E-state index is 13.6. The van der Waals surface area contributed by atoms with Crippen LogP contribution in [0.15, 0.2) is 23.2 Å². The van der Waals surface area contributed by atoms with Gasteiger partial charge in [-0.2, -0.15) is 0 Å². The van der Waals surface area contributed by atoms with Crippen LogP contribution >= 0.6 is 11.8 Å². The number of nitrogens with one attached hydrogen (secondary N) is 1. The number of aryl methyl sites for hydroxylation is 1. The van der Waals surface area contributed by atoms with E-state index in [9.17, 15) is 4.39 Å². The van der Waals surface area contributed by atoms with E-state index < -0.39 is 0 Å². The van der Waals surface area contributed by atoms with Gasteiger partial charge in [-0.1, -0.05) is 31.7 Å². The highest BCUT2D eigenvalue weighted by Gasteiger charge is 2.19. The van der Waals surface area contributed by atoms with Gasteiger partial charge in [0.1, 0.15) is 5.82 Å². The van der Waals surface area contributed by atoms with Crippen LogP contribution in [0.5, 0.6) is 0 Å². The third kappa shape index (κ3) is 3.48. The minimum atomic E-state index is -0.226. The zero-order valence-corrected chi connectivity index (χ0v) is 11.9. The van der Waals surface area contributed by atoms with E-state index in [2.05, 4.69) is 24.2 Å². The average Bonchev–Trinajstić information content (AvgIpc) is 2.70. The molecule has 1 aliphatic heterocycles. The van der Waals surface area contributed by atoms with E-state index >= 15 is 0 Å². The van der Waals surface area contributed by atoms with Gasteiger partial charge in [0.15, 0.2) is 5.17 Å². The summed E-state index contributed by atoms with van der Waals surface area (Å²) in [5.41, 5.74) is 1.56. The van der Waals surface area contributed by atoms with Crippen LogP contribution in [-0.2, 0) is 0 Å². The summed E-state index contributed by atoms with van der Waals surface area (Å²) in [5.74, 6) is 1.42. The molecular formula is C14H19FN2S. The van der Waals surface area contributed by atoms with Crippen molar-refractivity contribution in [2.45, 2.75) is 33.2 Å². The second-order valence-corrected chi connectivity index (χ2v) is 6.15. The van der Waals surface area contributed by atoms with E-state index in [4.69, 9.17) is 0 Å². The molecule has 0 amide bonds. The number of anilines is 1. The van der Waals surface area contributed by atoms with Crippen molar-refractivity contribution in [1.29, 1.82) is 0 Å². The van der Waals surface area contributed by atoms with Crippen LogP contribution in [0.1, 0.15) is 25.8 Å². The standard InChI is InChI=1S/C14H19FN2S/c1-9(2)6-11-8-18-14(16-11)17-13-7-10(3)4-5-12(13)15/h4-5,7,9,11H,6,8H2,1-3H3,(H,16,17). The molecule has 0 fully saturated rings. The number of thioether (sulfide) groups is 1. The molecule has 4 heteroatoms. The fourth-order valence-electron chi connectivity index (χ4n) is 2.00. The molecule has 0 bridgehead atoms. The van der Waals surface area contributed by atoms with Crippen LogP contribution < -0.4 is 5.32 Å². The first kappa shape index (κ1) is 13.4. The molecule has 1 unspecified atom stereocenters. The highest BCUT2D eigenvalue weighted by Crippen LogP contribution is 2.25. The second-order valence-electron chi connectivity index (χ2n) is 5.14. The largest absolute Gasteiger partial charge is 0.333 e. The predicted molar refractivity (Wildman–Crippen MR) is 77.9 cm³/mol. The summed E-state index contributed by atoms with van der Waals surface area (Å²) in [4.78, 5) is 4.60. The topological polar surface area (TPSA) is 24.4 Å². The Bertz CT molecular complexity index is 457. The van der Waals surface area contributed by atoms with E-state index in [0.29, 0.717) is 17.6 Å². The average molecular weight is 266 g/mol. The molecule has 0 saturated carbocycles. The molecule has 2 nitrogen and oxygen atoms in total. The molecule has 18 heavy (non-hydrogen) atoms. The highest BCUT2D eigenvalue weighted by molar-refractivity contribution is 8.14. The molecule has 0 spiro atoms. The minimum absolute atomic E-state index is 0.226. The molecule has 1 N–H and O–H groups in total. The van der Waals surface area contributed by atoms with Gasteiger partial charge in [-0.15, -0.1) is 0 Å². The van der Waals surface area contributed by atoms with Crippen molar-refractivity contribution in [3.05, 3.63) is 29.6 Å². The number of hydrogen-bond acceptors (Lipinski definition) is 3.